The number of pyridine rings is 1. The van der Waals surface area contributed by atoms with Crippen molar-refractivity contribution in [2.24, 2.45) is 0 Å². The maximum absolute atomic E-state index is 13.6. The molecule has 0 radical (unpaired) electrons. The summed E-state index contributed by atoms with van der Waals surface area (Å²) < 4.78 is 39.4. The minimum Gasteiger partial charge on any atom is -0.454 e. The maximum Gasteiger partial charge on any atom is 0.237 e. The van der Waals surface area contributed by atoms with Gasteiger partial charge in [0, 0.05) is 34.1 Å². The van der Waals surface area contributed by atoms with Crippen molar-refractivity contribution in [2.45, 2.75) is 12.6 Å². The van der Waals surface area contributed by atoms with Gasteiger partial charge >= 0.3 is 0 Å². The summed E-state index contributed by atoms with van der Waals surface area (Å²) in [6.45, 7) is 0.0827. The lowest BCUT2D eigenvalue weighted by Crippen LogP contribution is -2.29. The first-order chi connectivity index (χ1) is 16.5. The fraction of sp³-hybridized carbons (Fsp3) is 0.115. The van der Waals surface area contributed by atoms with Crippen LogP contribution in [0.1, 0.15) is 28.4 Å². The van der Waals surface area contributed by atoms with Crippen LogP contribution in [-0.4, -0.2) is 24.5 Å². The van der Waals surface area contributed by atoms with Gasteiger partial charge in [0.2, 0.25) is 16.8 Å². The number of H-pyrrole nitrogens is 1. The van der Waals surface area contributed by atoms with Crippen LogP contribution < -0.4 is 14.9 Å². The molecular formula is C26H20N2O5S. The summed E-state index contributed by atoms with van der Waals surface area (Å²) in [5, 5.41) is 1.73. The molecule has 1 N–H and O–H groups in total. The second-order valence-corrected chi connectivity index (χ2v) is 9.98. The first-order valence-corrected chi connectivity index (χ1v) is 12.3. The van der Waals surface area contributed by atoms with Gasteiger partial charge in [-0.2, -0.15) is 4.31 Å². The number of rotatable bonds is 4. The lowest BCUT2D eigenvalue weighted by Gasteiger charge is -2.23. The molecule has 34 heavy (non-hydrogen) atoms. The second-order valence-electron chi connectivity index (χ2n) is 8.21. The number of nitrogens with zero attached hydrogens (tertiary/aromatic N) is 1. The maximum atomic E-state index is 13.6. The van der Waals surface area contributed by atoms with Gasteiger partial charge in [-0.3, -0.25) is 4.79 Å². The highest BCUT2D eigenvalue weighted by molar-refractivity contribution is 7.92. The number of aromatic nitrogens is 1. The third-order valence-corrected chi connectivity index (χ3v) is 7.66. The minimum atomic E-state index is -3.89. The summed E-state index contributed by atoms with van der Waals surface area (Å²) in [5.74, 6) is 1.15. The number of nitrogens with one attached hydrogen (secondary N) is 1. The molecule has 0 aliphatic carbocycles. The molecule has 2 aliphatic heterocycles. The lowest BCUT2D eigenvalue weighted by atomic mass is 10.0. The molecule has 170 valence electrons. The van der Waals surface area contributed by atoms with Crippen molar-refractivity contribution < 1.29 is 17.9 Å². The molecule has 3 heterocycles. The van der Waals surface area contributed by atoms with Gasteiger partial charge in [0.1, 0.15) is 0 Å². The number of sulfonamides is 1. The third-order valence-electron chi connectivity index (χ3n) is 6.19. The molecule has 2 aliphatic rings. The molecular weight excluding hydrogens is 452 g/mol. The summed E-state index contributed by atoms with van der Waals surface area (Å²) in [4.78, 5) is 16.7. The highest BCUT2D eigenvalue weighted by Gasteiger charge is 2.41. The molecule has 1 unspecified atom stereocenters. The number of hydrogen-bond acceptors (Lipinski definition) is 5. The molecule has 0 saturated heterocycles. The molecule has 1 atom stereocenters. The van der Waals surface area contributed by atoms with Gasteiger partial charge in [0.25, 0.3) is 0 Å². The molecule has 8 heteroatoms. The van der Waals surface area contributed by atoms with Crippen molar-refractivity contribution in [2.75, 3.05) is 6.79 Å². The van der Waals surface area contributed by atoms with E-state index in [0.717, 1.165) is 5.56 Å². The van der Waals surface area contributed by atoms with Gasteiger partial charge in [0.15, 0.2) is 16.9 Å². The van der Waals surface area contributed by atoms with Crippen LogP contribution >= 0.6 is 0 Å². The number of para-hydroxylation sites is 1. The van der Waals surface area contributed by atoms with E-state index in [1.807, 2.05) is 48.5 Å². The highest BCUT2D eigenvalue weighted by Crippen LogP contribution is 2.43. The molecule has 4 aromatic rings. The third kappa shape index (κ3) is 3.39. The normalized spacial score (nSPS) is 17.5. The fourth-order valence-electron chi connectivity index (χ4n) is 4.54. The van der Waals surface area contributed by atoms with E-state index in [9.17, 15) is 13.2 Å². The van der Waals surface area contributed by atoms with E-state index < -0.39 is 16.1 Å². The quantitative estimate of drug-likeness (QED) is 0.482. The predicted molar refractivity (Wildman–Crippen MR) is 129 cm³/mol. The lowest BCUT2D eigenvalue weighted by molar-refractivity contribution is 0.174. The monoisotopic (exact) mass is 472 g/mol. The molecule has 6 rings (SSSR count). The fourth-order valence-corrected chi connectivity index (χ4v) is 5.85. The van der Waals surface area contributed by atoms with Crippen LogP contribution in [0.3, 0.4) is 0 Å². The van der Waals surface area contributed by atoms with E-state index in [0.29, 0.717) is 39.2 Å². The SMILES string of the molecule is O=c1c2c([nH]c3ccccc13)C(c1ccc3c(c1)OCO3)N(S(=O)(=O)/C=C/c1ccccc1)C2. The van der Waals surface area contributed by atoms with Gasteiger partial charge < -0.3 is 14.5 Å². The van der Waals surface area contributed by atoms with Crippen LogP contribution in [0.4, 0.5) is 0 Å². The largest absolute Gasteiger partial charge is 0.454 e. The summed E-state index contributed by atoms with van der Waals surface area (Å²) in [6.07, 6.45) is 1.56. The zero-order valence-electron chi connectivity index (χ0n) is 18.0. The summed E-state index contributed by atoms with van der Waals surface area (Å²) in [5.41, 5.74) is 2.96. The Balaban J connectivity index is 1.51. The van der Waals surface area contributed by atoms with Gasteiger partial charge in [-0.15, -0.1) is 0 Å². The molecule has 0 fully saturated rings. The van der Waals surface area contributed by atoms with Crippen molar-refractivity contribution in [1.82, 2.24) is 9.29 Å². The van der Waals surface area contributed by atoms with E-state index in [1.54, 1.807) is 30.3 Å². The number of hydrogen-bond donors (Lipinski definition) is 1. The molecule has 7 nitrogen and oxygen atoms in total. The van der Waals surface area contributed by atoms with Crippen molar-refractivity contribution >= 4 is 27.0 Å². The van der Waals surface area contributed by atoms with Gasteiger partial charge in [0.05, 0.1) is 6.04 Å². The smallest absolute Gasteiger partial charge is 0.237 e. The minimum absolute atomic E-state index is 0.0317. The number of aromatic amines is 1. The van der Waals surface area contributed by atoms with Crippen molar-refractivity contribution in [1.29, 1.82) is 0 Å². The Bertz CT molecular complexity index is 1610. The first kappa shape index (κ1) is 20.7. The van der Waals surface area contributed by atoms with Crippen LogP contribution in [0.5, 0.6) is 11.5 Å². The van der Waals surface area contributed by atoms with Crippen LogP contribution in [-0.2, 0) is 16.6 Å². The first-order valence-electron chi connectivity index (χ1n) is 10.8. The van der Waals surface area contributed by atoms with Crippen LogP contribution in [0.2, 0.25) is 0 Å². The number of benzene rings is 3. The van der Waals surface area contributed by atoms with E-state index in [2.05, 4.69) is 4.98 Å². The van der Waals surface area contributed by atoms with Gasteiger partial charge in [-0.25, -0.2) is 8.42 Å². The standard InChI is InChI=1S/C26H20N2O5S/c29-26-19-8-4-5-9-21(19)27-24-20(26)15-28(34(30,31)13-12-17-6-2-1-3-7-17)25(24)18-10-11-22-23(14-18)33-16-32-22/h1-14,25H,15-16H2,(H,27,29)/b13-12+. The predicted octanol–water partition coefficient (Wildman–Crippen LogP) is 4.16. The summed E-state index contributed by atoms with van der Waals surface area (Å²) in [7, 11) is -3.89. The molecule has 1 aromatic heterocycles. The van der Waals surface area contributed by atoms with E-state index in [4.69, 9.17) is 9.47 Å². The zero-order valence-corrected chi connectivity index (χ0v) is 18.8. The van der Waals surface area contributed by atoms with Crippen LogP contribution in [0, 0.1) is 0 Å². The van der Waals surface area contributed by atoms with Crippen LogP contribution in [0.15, 0.2) is 83.0 Å². The Morgan fingerprint density at radius 2 is 1.71 bits per heavy atom. The molecule has 0 spiro atoms. The molecule has 3 aromatic carbocycles. The van der Waals surface area contributed by atoms with Gasteiger partial charge in [-0.05, 0) is 41.5 Å². The molecule has 0 saturated carbocycles. The zero-order chi connectivity index (χ0) is 23.3. The summed E-state index contributed by atoms with van der Waals surface area (Å²) >= 11 is 0. The second kappa shape index (κ2) is 7.86. The van der Waals surface area contributed by atoms with Gasteiger partial charge in [-0.1, -0.05) is 48.5 Å². The highest BCUT2D eigenvalue weighted by atomic mass is 32.2. The molecule has 0 amide bonds. The topological polar surface area (TPSA) is 88.7 Å². The van der Waals surface area contributed by atoms with E-state index in [-0.39, 0.29) is 18.8 Å². The van der Waals surface area contributed by atoms with Crippen LogP contribution in [0.25, 0.3) is 17.0 Å². The van der Waals surface area contributed by atoms with E-state index in [1.165, 1.54) is 9.71 Å². The average Bonchev–Trinajstić information content (AvgIpc) is 3.48. The number of ether oxygens (including phenoxy) is 2. The Morgan fingerprint density at radius 3 is 2.56 bits per heavy atom. The summed E-state index contributed by atoms with van der Waals surface area (Å²) in [6, 6.07) is 21.1. The molecule has 0 bridgehead atoms. The van der Waals surface area contributed by atoms with E-state index >= 15 is 0 Å². The van der Waals surface area contributed by atoms with Crippen molar-refractivity contribution in [3.63, 3.8) is 0 Å². The Kier molecular flexibility index (Phi) is 4.79. The van der Waals surface area contributed by atoms with Crippen molar-refractivity contribution in [3.05, 3.63) is 111 Å². The van der Waals surface area contributed by atoms with Crippen molar-refractivity contribution in [3.8, 4) is 11.5 Å². The average molecular weight is 473 g/mol. The Labute approximate surface area is 195 Å². The Morgan fingerprint density at radius 1 is 0.941 bits per heavy atom. The number of fused-ring (bicyclic) bond motifs is 3. The Hall–Kier alpha value is -3.88.